The van der Waals surface area contributed by atoms with Gasteiger partial charge in [-0.2, -0.15) is 0 Å². The van der Waals surface area contributed by atoms with Gasteiger partial charge in [0, 0.05) is 19.8 Å². The smallest absolute Gasteiger partial charge is 0.335 e. The number of ether oxygens (including phenoxy) is 1. The van der Waals surface area contributed by atoms with Crippen LogP contribution in [0.1, 0.15) is 23.7 Å². The molecule has 1 rings (SSSR count). The topological polar surface area (TPSA) is 87.7 Å². The third-order valence-electron chi connectivity index (χ3n) is 2.42. The maximum atomic E-state index is 13.5. The second-order valence-corrected chi connectivity index (χ2v) is 3.93. The lowest BCUT2D eigenvalue weighted by Gasteiger charge is -2.08. The van der Waals surface area contributed by atoms with Gasteiger partial charge in [-0.1, -0.05) is 0 Å². The number of hydrogen-bond acceptors (Lipinski definition) is 3. The van der Waals surface area contributed by atoms with Crippen molar-refractivity contribution in [2.75, 3.05) is 25.1 Å². The molecule has 1 aromatic rings. The molecular weight excluding hydrogens is 267 g/mol. The molecule has 3 N–H and O–H groups in total. The summed E-state index contributed by atoms with van der Waals surface area (Å²) in [5.74, 6) is -2.02. The van der Waals surface area contributed by atoms with Crippen LogP contribution in [0.25, 0.3) is 0 Å². The lowest BCUT2D eigenvalue weighted by Crippen LogP contribution is -2.30. The van der Waals surface area contributed by atoms with E-state index in [4.69, 9.17) is 9.84 Å². The average molecular weight is 284 g/mol. The van der Waals surface area contributed by atoms with Crippen LogP contribution in [0.4, 0.5) is 14.9 Å². The van der Waals surface area contributed by atoms with Crippen molar-refractivity contribution in [3.8, 4) is 0 Å². The van der Waals surface area contributed by atoms with Gasteiger partial charge in [0.15, 0.2) is 0 Å². The van der Waals surface area contributed by atoms with Crippen molar-refractivity contribution in [3.05, 3.63) is 29.6 Å². The van der Waals surface area contributed by atoms with Crippen LogP contribution in [0.2, 0.25) is 0 Å². The zero-order valence-corrected chi connectivity index (χ0v) is 11.1. The maximum absolute atomic E-state index is 13.5. The number of carboxylic acid groups (broad SMARTS) is 1. The molecule has 0 aliphatic carbocycles. The number of carbonyl (C=O) groups excluding carboxylic acids is 1. The number of amides is 2. The summed E-state index contributed by atoms with van der Waals surface area (Å²) in [6.07, 6.45) is 0.654. The first-order chi connectivity index (χ1) is 9.54. The molecule has 0 aromatic heterocycles. The molecule has 0 saturated carbocycles. The van der Waals surface area contributed by atoms with Gasteiger partial charge in [0.2, 0.25) is 0 Å². The number of carbonyl (C=O) groups is 2. The van der Waals surface area contributed by atoms with Gasteiger partial charge in [-0.15, -0.1) is 0 Å². The van der Waals surface area contributed by atoms with Gasteiger partial charge in [-0.25, -0.2) is 14.0 Å². The minimum Gasteiger partial charge on any atom is -0.478 e. The summed E-state index contributed by atoms with van der Waals surface area (Å²) in [5.41, 5.74) is -0.248. The first-order valence-electron chi connectivity index (χ1n) is 6.20. The SMILES string of the molecule is CCOCCCNC(=O)Nc1ccc(C(=O)O)cc1F. The molecule has 2 amide bonds. The first-order valence-corrected chi connectivity index (χ1v) is 6.20. The molecule has 0 spiro atoms. The number of aromatic carboxylic acids is 1. The Hall–Kier alpha value is -2.15. The highest BCUT2D eigenvalue weighted by Gasteiger charge is 2.10. The summed E-state index contributed by atoms with van der Waals surface area (Å²) in [6, 6.07) is 2.73. The highest BCUT2D eigenvalue weighted by atomic mass is 19.1. The molecule has 0 saturated heterocycles. The van der Waals surface area contributed by atoms with Crippen molar-refractivity contribution >= 4 is 17.7 Å². The zero-order valence-electron chi connectivity index (χ0n) is 11.1. The second-order valence-electron chi connectivity index (χ2n) is 3.93. The summed E-state index contributed by atoms with van der Waals surface area (Å²) in [4.78, 5) is 22.1. The third-order valence-corrected chi connectivity index (χ3v) is 2.42. The monoisotopic (exact) mass is 284 g/mol. The third kappa shape index (κ3) is 5.23. The molecule has 20 heavy (non-hydrogen) atoms. The van der Waals surface area contributed by atoms with Gasteiger partial charge >= 0.3 is 12.0 Å². The Kier molecular flexibility index (Phi) is 6.45. The summed E-state index contributed by atoms with van der Waals surface area (Å²) < 4.78 is 18.6. The Morgan fingerprint density at radius 1 is 1.40 bits per heavy atom. The summed E-state index contributed by atoms with van der Waals surface area (Å²) in [7, 11) is 0. The lowest BCUT2D eigenvalue weighted by molar-refractivity contribution is 0.0696. The predicted octanol–water partition coefficient (Wildman–Crippen LogP) is 2.07. The Morgan fingerprint density at radius 2 is 2.15 bits per heavy atom. The highest BCUT2D eigenvalue weighted by molar-refractivity contribution is 5.91. The molecule has 0 aliphatic heterocycles. The summed E-state index contributed by atoms with van der Waals surface area (Å²) in [5, 5.41) is 13.5. The fourth-order valence-electron chi connectivity index (χ4n) is 1.44. The first kappa shape index (κ1) is 15.9. The number of rotatable bonds is 7. The number of hydrogen-bond donors (Lipinski definition) is 3. The maximum Gasteiger partial charge on any atom is 0.335 e. The Morgan fingerprint density at radius 3 is 2.75 bits per heavy atom. The normalized spacial score (nSPS) is 10.1. The van der Waals surface area contributed by atoms with Gasteiger partial charge in [0.25, 0.3) is 0 Å². The van der Waals surface area contributed by atoms with E-state index in [-0.39, 0.29) is 11.3 Å². The van der Waals surface area contributed by atoms with Crippen LogP contribution in [-0.4, -0.2) is 36.9 Å². The summed E-state index contributed by atoms with van der Waals surface area (Å²) >= 11 is 0. The van der Waals surface area contributed by atoms with E-state index in [0.717, 1.165) is 6.07 Å². The number of carboxylic acids is 1. The number of urea groups is 1. The molecule has 0 bridgehead atoms. The standard InChI is InChI=1S/C13H17FN2O4/c1-2-20-7-3-6-15-13(19)16-11-5-4-9(12(17)18)8-10(11)14/h4-5,8H,2-3,6-7H2,1H3,(H,17,18)(H2,15,16,19). The molecule has 0 fully saturated rings. The predicted molar refractivity (Wildman–Crippen MR) is 71.5 cm³/mol. The number of benzene rings is 1. The molecule has 0 atom stereocenters. The fourth-order valence-corrected chi connectivity index (χ4v) is 1.44. The molecule has 7 heteroatoms. The van der Waals surface area contributed by atoms with E-state index < -0.39 is 17.8 Å². The number of halogens is 1. The van der Waals surface area contributed by atoms with E-state index in [1.165, 1.54) is 12.1 Å². The van der Waals surface area contributed by atoms with Crippen molar-refractivity contribution in [1.29, 1.82) is 0 Å². The van der Waals surface area contributed by atoms with E-state index in [9.17, 15) is 14.0 Å². The largest absolute Gasteiger partial charge is 0.478 e. The quantitative estimate of drug-likeness (QED) is 0.669. The zero-order chi connectivity index (χ0) is 15.0. The van der Waals surface area contributed by atoms with Crippen molar-refractivity contribution in [2.45, 2.75) is 13.3 Å². The van der Waals surface area contributed by atoms with Crippen LogP contribution in [0.3, 0.4) is 0 Å². The minimum absolute atomic E-state index is 0.0719. The van der Waals surface area contributed by atoms with Crippen molar-refractivity contribution in [1.82, 2.24) is 5.32 Å². The molecular formula is C13H17FN2O4. The molecule has 0 unspecified atom stereocenters. The van der Waals surface area contributed by atoms with E-state index in [1.807, 2.05) is 6.92 Å². The molecule has 0 radical (unpaired) electrons. The molecule has 0 heterocycles. The number of nitrogens with one attached hydrogen (secondary N) is 2. The Bertz CT molecular complexity index is 479. The van der Waals surface area contributed by atoms with Crippen molar-refractivity contribution in [2.24, 2.45) is 0 Å². The van der Waals surface area contributed by atoms with E-state index in [0.29, 0.717) is 26.2 Å². The van der Waals surface area contributed by atoms with Gasteiger partial charge in [0.05, 0.1) is 11.3 Å². The van der Waals surface area contributed by atoms with Crippen LogP contribution < -0.4 is 10.6 Å². The van der Waals surface area contributed by atoms with Crippen LogP contribution in [-0.2, 0) is 4.74 Å². The highest BCUT2D eigenvalue weighted by Crippen LogP contribution is 2.15. The number of anilines is 1. The van der Waals surface area contributed by atoms with Crippen LogP contribution in [0.15, 0.2) is 18.2 Å². The Labute approximate surface area is 115 Å². The molecule has 6 nitrogen and oxygen atoms in total. The molecule has 1 aromatic carbocycles. The van der Waals surface area contributed by atoms with Crippen LogP contribution in [0.5, 0.6) is 0 Å². The average Bonchev–Trinajstić information content (AvgIpc) is 2.40. The van der Waals surface area contributed by atoms with E-state index in [2.05, 4.69) is 10.6 Å². The molecule has 110 valence electrons. The Balaban J connectivity index is 2.44. The van der Waals surface area contributed by atoms with Gasteiger partial charge in [0.1, 0.15) is 5.82 Å². The second kappa shape index (κ2) is 8.11. The van der Waals surface area contributed by atoms with Crippen LogP contribution >= 0.6 is 0 Å². The lowest BCUT2D eigenvalue weighted by atomic mass is 10.2. The van der Waals surface area contributed by atoms with Crippen LogP contribution in [0, 0.1) is 5.82 Å². The van der Waals surface area contributed by atoms with E-state index >= 15 is 0 Å². The summed E-state index contributed by atoms with van der Waals surface area (Å²) in [6.45, 7) is 3.44. The molecule has 0 aliphatic rings. The van der Waals surface area contributed by atoms with Gasteiger partial charge < -0.3 is 20.5 Å². The van der Waals surface area contributed by atoms with Crippen molar-refractivity contribution < 1.29 is 23.8 Å². The fraction of sp³-hybridized carbons (Fsp3) is 0.385. The van der Waals surface area contributed by atoms with E-state index in [1.54, 1.807) is 0 Å². The minimum atomic E-state index is -1.23. The van der Waals surface area contributed by atoms with Crippen molar-refractivity contribution in [3.63, 3.8) is 0 Å². The van der Waals surface area contributed by atoms with Gasteiger partial charge in [-0.05, 0) is 31.5 Å². The van der Waals surface area contributed by atoms with Gasteiger partial charge in [-0.3, -0.25) is 0 Å².